The number of hydrogen-bond acceptors (Lipinski definition) is 1. The van der Waals surface area contributed by atoms with Crippen molar-refractivity contribution in [3.63, 3.8) is 0 Å². The lowest BCUT2D eigenvalue weighted by Crippen LogP contribution is -2.24. The van der Waals surface area contributed by atoms with Crippen LogP contribution in [-0.2, 0) is 5.41 Å². The van der Waals surface area contributed by atoms with E-state index in [1.165, 1.54) is 44.1 Å². The quantitative estimate of drug-likeness (QED) is 0.166. The molecule has 10 rings (SSSR count). The molecule has 52 heavy (non-hydrogen) atoms. The minimum absolute atomic E-state index is 0.0618. The van der Waals surface area contributed by atoms with Crippen LogP contribution < -0.4 is 10.4 Å². The lowest BCUT2D eigenvalue weighted by molar-refractivity contribution is 0.394. The van der Waals surface area contributed by atoms with Crippen molar-refractivity contribution in [2.75, 3.05) is 4.90 Å². The van der Waals surface area contributed by atoms with Gasteiger partial charge in [-0.15, -0.1) is 0 Å². The molecular weight excluding hydrogens is 627 g/mol. The van der Waals surface area contributed by atoms with E-state index in [2.05, 4.69) is 193 Å². The van der Waals surface area contributed by atoms with Crippen molar-refractivity contribution < 1.29 is 0 Å². The first kappa shape index (κ1) is 30.7. The summed E-state index contributed by atoms with van der Waals surface area (Å²) >= 11 is 0. The summed E-state index contributed by atoms with van der Waals surface area (Å²) in [5, 5.41) is 4.72. The van der Waals surface area contributed by atoms with E-state index in [0.29, 0.717) is 11.8 Å². The Morgan fingerprint density at radius 1 is 0.558 bits per heavy atom. The number of nitrogens with zero attached hydrogens (tertiary/aromatic N) is 2. The summed E-state index contributed by atoms with van der Waals surface area (Å²) in [4.78, 5) is 2.43. The molecule has 246 valence electrons. The molecule has 2 nitrogen and oxygen atoms in total. The average molecular weight is 665 g/mol. The molecule has 3 heteroatoms. The van der Waals surface area contributed by atoms with E-state index in [-0.39, 0.29) is 5.41 Å². The number of benzene rings is 7. The second-order valence-electron chi connectivity index (χ2n) is 14.8. The normalized spacial score (nSPS) is 17.1. The van der Waals surface area contributed by atoms with E-state index in [4.69, 9.17) is 7.85 Å². The van der Waals surface area contributed by atoms with Crippen LogP contribution in [0.3, 0.4) is 0 Å². The maximum atomic E-state index is 6.38. The highest BCUT2D eigenvalue weighted by molar-refractivity contribution is 6.39. The minimum Gasteiger partial charge on any atom is -0.310 e. The number of allylic oxidation sites excluding steroid dienone is 4. The van der Waals surface area contributed by atoms with Crippen LogP contribution in [0.2, 0.25) is 0 Å². The molecule has 8 aromatic rings. The molecule has 0 aliphatic heterocycles. The Bertz CT molecular complexity index is 2730. The fourth-order valence-electron chi connectivity index (χ4n) is 9.09. The second kappa shape index (κ2) is 11.8. The monoisotopic (exact) mass is 664 g/mol. The first-order valence-corrected chi connectivity index (χ1v) is 18.2. The summed E-state index contributed by atoms with van der Waals surface area (Å²) < 4.78 is 2.38. The Morgan fingerprint density at radius 3 is 2.04 bits per heavy atom. The van der Waals surface area contributed by atoms with Crippen LogP contribution >= 0.6 is 0 Å². The Kier molecular flexibility index (Phi) is 6.95. The van der Waals surface area contributed by atoms with Gasteiger partial charge >= 0.3 is 0 Å². The SMILES string of the molecule is [B]c1ccc(-c2ccc(N(c3ccc4c(c3)C3C=CC=CC3C4(C)C)c3ccc4c(c3)c3ccccc3n4-c3ccccc3)cc2)c2ccccc12. The van der Waals surface area contributed by atoms with Crippen LogP contribution in [-0.4, -0.2) is 12.4 Å². The number of anilines is 3. The molecule has 0 saturated heterocycles. The Hall–Kier alpha value is -6.06. The summed E-state index contributed by atoms with van der Waals surface area (Å²) in [5.74, 6) is 0.815. The smallest absolute Gasteiger partial charge is 0.114 e. The lowest BCUT2D eigenvalue weighted by atomic mass is 9.74. The highest BCUT2D eigenvalue weighted by Gasteiger charge is 2.44. The van der Waals surface area contributed by atoms with Gasteiger partial charge in [-0.3, -0.25) is 0 Å². The molecule has 2 unspecified atom stereocenters. The highest BCUT2D eigenvalue weighted by Crippen LogP contribution is 2.54. The van der Waals surface area contributed by atoms with E-state index >= 15 is 0 Å². The van der Waals surface area contributed by atoms with E-state index in [9.17, 15) is 0 Å². The molecule has 0 spiro atoms. The largest absolute Gasteiger partial charge is 0.310 e. The maximum absolute atomic E-state index is 6.38. The Balaban J connectivity index is 1.16. The Labute approximate surface area is 306 Å². The maximum Gasteiger partial charge on any atom is 0.114 e. The van der Waals surface area contributed by atoms with Crippen molar-refractivity contribution in [3.8, 4) is 16.8 Å². The molecule has 1 heterocycles. The number of fused-ring (bicyclic) bond motifs is 7. The zero-order chi connectivity index (χ0) is 35.0. The molecule has 0 N–H and O–H groups in total. The van der Waals surface area contributed by atoms with Crippen LogP contribution in [0.15, 0.2) is 176 Å². The molecule has 1 aromatic heterocycles. The van der Waals surface area contributed by atoms with Crippen LogP contribution in [0.5, 0.6) is 0 Å². The van der Waals surface area contributed by atoms with Crippen molar-refractivity contribution in [2.45, 2.75) is 25.2 Å². The second-order valence-corrected chi connectivity index (χ2v) is 14.8. The zero-order valence-corrected chi connectivity index (χ0v) is 29.4. The van der Waals surface area contributed by atoms with Gasteiger partial charge < -0.3 is 9.47 Å². The third-order valence-electron chi connectivity index (χ3n) is 11.6. The molecule has 0 amide bonds. The fraction of sp³-hybridized carbons (Fsp3) is 0.102. The lowest BCUT2D eigenvalue weighted by Gasteiger charge is -2.29. The average Bonchev–Trinajstić information content (AvgIpc) is 3.64. The summed E-state index contributed by atoms with van der Waals surface area (Å²) in [6.07, 6.45) is 9.22. The third-order valence-corrected chi connectivity index (χ3v) is 11.6. The van der Waals surface area contributed by atoms with Gasteiger partial charge in [-0.05, 0) is 105 Å². The topological polar surface area (TPSA) is 8.17 Å². The highest BCUT2D eigenvalue weighted by atomic mass is 15.1. The predicted octanol–water partition coefficient (Wildman–Crippen LogP) is 12.0. The van der Waals surface area contributed by atoms with Crippen molar-refractivity contribution in [1.82, 2.24) is 4.57 Å². The number of para-hydroxylation sites is 2. The molecule has 2 aliphatic rings. The standard InChI is InChI=1S/C49H37BN2/c1-49(2)44-18-10-8-15-39(44)42-30-35(24-27-45(42)49)51(34-22-20-32(21-23-34)37-26-28-46(50)40-16-7-6-14-38(37)40)36-25-29-48-43(31-36)41-17-9-11-19-47(41)52(48)33-12-4-3-5-13-33/h3-31,39,44H,1-2H3. The molecule has 0 bridgehead atoms. The van der Waals surface area contributed by atoms with Crippen molar-refractivity contribution >= 4 is 62.9 Å². The van der Waals surface area contributed by atoms with Gasteiger partial charge in [-0.1, -0.05) is 135 Å². The van der Waals surface area contributed by atoms with Gasteiger partial charge in [0, 0.05) is 39.4 Å². The van der Waals surface area contributed by atoms with Gasteiger partial charge in [0.2, 0.25) is 0 Å². The molecule has 2 atom stereocenters. The van der Waals surface area contributed by atoms with Crippen LogP contribution in [0.4, 0.5) is 17.1 Å². The molecular formula is C49H37BN2. The van der Waals surface area contributed by atoms with E-state index < -0.39 is 0 Å². The van der Waals surface area contributed by atoms with Gasteiger partial charge in [0.15, 0.2) is 0 Å². The van der Waals surface area contributed by atoms with E-state index in [1.807, 2.05) is 6.07 Å². The van der Waals surface area contributed by atoms with E-state index in [1.54, 1.807) is 0 Å². The first-order valence-electron chi connectivity index (χ1n) is 18.2. The summed E-state index contributed by atoms with van der Waals surface area (Å²) in [6, 6.07) is 55.1. The fourth-order valence-corrected chi connectivity index (χ4v) is 9.09. The van der Waals surface area contributed by atoms with Gasteiger partial charge in [0.05, 0.1) is 11.0 Å². The van der Waals surface area contributed by atoms with E-state index in [0.717, 1.165) is 39.0 Å². The number of hydrogen-bond donors (Lipinski definition) is 0. The molecule has 2 aliphatic carbocycles. The van der Waals surface area contributed by atoms with Crippen LogP contribution in [0, 0.1) is 5.92 Å². The van der Waals surface area contributed by atoms with Crippen LogP contribution in [0.1, 0.15) is 30.9 Å². The van der Waals surface area contributed by atoms with Crippen molar-refractivity contribution in [3.05, 3.63) is 187 Å². The molecule has 0 saturated carbocycles. The molecule has 7 aromatic carbocycles. The Morgan fingerprint density at radius 2 is 1.21 bits per heavy atom. The van der Waals surface area contributed by atoms with Gasteiger partial charge in [-0.2, -0.15) is 0 Å². The van der Waals surface area contributed by atoms with Gasteiger partial charge in [0.1, 0.15) is 7.85 Å². The molecule has 2 radical (unpaired) electrons. The van der Waals surface area contributed by atoms with Crippen LogP contribution in [0.25, 0.3) is 49.4 Å². The summed E-state index contributed by atoms with van der Waals surface area (Å²) in [7, 11) is 6.38. The number of aromatic nitrogens is 1. The zero-order valence-electron chi connectivity index (χ0n) is 29.4. The summed E-state index contributed by atoms with van der Waals surface area (Å²) in [5.41, 5.74) is 13.0. The number of rotatable bonds is 5. The first-order chi connectivity index (χ1) is 25.5. The third kappa shape index (κ3) is 4.66. The van der Waals surface area contributed by atoms with Crippen molar-refractivity contribution in [2.24, 2.45) is 5.92 Å². The van der Waals surface area contributed by atoms with Crippen molar-refractivity contribution in [1.29, 1.82) is 0 Å². The predicted molar refractivity (Wildman–Crippen MR) is 221 cm³/mol. The van der Waals surface area contributed by atoms with Gasteiger partial charge in [0.25, 0.3) is 0 Å². The van der Waals surface area contributed by atoms with Gasteiger partial charge in [-0.25, -0.2) is 0 Å². The molecule has 0 fully saturated rings. The summed E-state index contributed by atoms with van der Waals surface area (Å²) in [6.45, 7) is 4.79. The minimum atomic E-state index is 0.0618.